The molecule has 14 N–H and O–H groups in total. The van der Waals surface area contributed by atoms with E-state index in [-0.39, 0.29) is 0 Å². The Kier molecular flexibility index (Phi) is 32.1. The SMILES string of the molecule is CC#CC#CC#CC#CC#CC#CC#CC(=O)NC(COC1OC(CO)C(OC2OC(CO)C(O)C(OC3(C(=O)O)CC(O)C(NC(C)=O)C(C(O)C(O)CO)O3)C2O)C(O)C1O)C(O)C=CCCCCCCCCCCCCC. The highest BCUT2D eigenvalue weighted by Gasteiger charge is 2.60. The lowest BCUT2D eigenvalue weighted by Gasteiger charge is -2.50. The van der Waals surface area contributed by atoms with Crippen LogP contribution in [0.15, 0.2) is 12.2 Å². The fourth-order valence-electron chi connectivity index (χ4n) is 8.67. The third kappa shape index (κ3) is 22.4. The molecule has 18 unspecified atom stereocenters. The van der Waals surface area contributed by atoms with Gasteiger partial charge in [-0.15, -0.1) is 0 Å². The van der Waals surface area contributed by atoms with Crippen molar-refractivity contribution < 1.29 is 104 Å². The summed E-state index contributed by atoms with van der Waals surface area (Å²) in [7, 11) is 0. The predicted molar refractivity (Wildman–Crippen MR) is 282 cm³/mol. The lowest BCUT2D eigenvalue weighted by molar-refractivity contribution is -0.386. The maximum Gasteiger partial charge on any atom is 0.364 e. The largest absolute Gasteiger partial charge is 0.477 e. The van der Waals surface area contributed by atoms with Crippen molar-refractivity contribution in [1.82, 2.24) is 10.6 Å². The van der Waals surface area contributed by atoms with Crippen LogP contribution in [0.2, 0.25) is 0 Å². The van der Waals surface area contributed by atoms with Crippen molar-refractivity contribution in [1.29, 1.82) is 0 Å². The van der Waals surface area contributed by atoms with Crippen molar-refractivity contribution in [2.45, 2.75) is 214 Å². The number of aliphatic hydroxyl groups is 11. The molecule has 0 aromatic heterocycles. The van der Waals surface area contributed by atoms with Crippen LogP contribution < -0.4 is 10.6 Å². The molecule has 23 nitrogen and oxygen atoms in total. The van der Waals surface area contributed by atoms with Crippen LogP contribution in [0.3, 0.4) is 0 Å². The first-order valence-corrected chi connectivity index (χ1v) is 26.5. The molecule has 80 heavy (non-hydrogen) atoms. The fourth-order valence-corrected chi connectivity index (χ4v) is 8.67. The van der Waals surface area contributed by atoms with Gasteiger partial charge in [-0.25, -0.2) is 4.79 Å². The number of rotatable bonds is 29. The van der Waals surface area contributed by atoms with Gasteiger partial charge in [-0.1, -0.05) is 89.2 Å². The molecule has 0 bridgehead atoms. The van der Waals surface area contributed by atoms with Crippen LogP contribution in [-0.2, 0) is 42.8 Å². The number of aliphatic hydroxyl groups excluding tert-OH is 11. The molecule has 3 aliphatic rings. The maximum absolute atomic E-state index is 13.0. The smallest absolute Gasteiger partial charge is 0.364 e. The van der Waals surface area contributed by atoms with E-state index >= 15 is 0 Å². The minimum atomic E-state index is -3.11. The summed E-state index contributed by atoms with van der Waals surface area (Å²) in [5.41, 5.74) is 0. The Morgan fingerprint density at radius 3 is 1.79 bits per heavy atom. The second-order valence-corrected chi connectivity index (χ2v) is 19.0. The average Bonchev–Trinajstić information content (AvgIpc) is 3.44. The van der Waals surface area contributed by atoms with Gasteiger partial charge in [0.25, 0.3) is 11.7 Å². The van der Waals surface area contributed by atoms with Crippen LogP contribution in [-0.4, -0.2) is 215 Å². The number of carboxylic acids is 1. The zero-order valence-electron chi connectivity index (χ0n) is 45.0. The molecule has 0 spiro atoms. The molecule has 3 rings (SSSR count). The molecule has 3 aliphatic heterocycles. The normalized spacial score (nSPS) is 29.3. The summed E-state index contributed by atoms with van der Waals surface area (Å²) in [6, 6.07) is -2.86. The molecule has 0 aromatic carbocycles. The number of carbonyl (C=O) groups excluding carboxylic acids is 2. The lowest BCUT2D eigenvalue weighted by Crippen LogP contribution is -2.70. The Hall–Kier alpha value is -5.61. The van der Waals surface area contributed by atoms with Gasteiger partial charge < -0.3 is 100 Å². The van der Waals surface area contributed by atoms with E-state index in [9.17, 15) is 75.7 Å². The van der Waals surface area contributed by atoms with E-state index in [1.807, 2.05) is 0 Å². The topological polar surface area (TPSA) is 373 Å². The molecule has 2 amide bonds. The van der Waals surface area contributed by atoms with Crippen LogP contribution in [0.4, 0.5) is 0 Å². The molecule has 3 saturated heterocycles. The van der Waals surface area contributed by atoms with Gasteiger partial charge in [-0.2, -0.15) is 0 Å². The number of hydrogen-bond acceptors (Lipinski definition) is 20. The van der Waals surface area contributed by atoms with Crippen molar-refractivity contribution in [3.8, 4) is 82.9 Å². The number of aliphatic carboxylic acids is 1. The molecule has 3 heterocycles. The van der Waals surface area contributed by atoms with Crippen LogP contribution >= 0.6 is 0 Å². The highest BCUT2D eigenvalue weighted by Crippen LogP contribution is 2.38. The van der Waals surface area contributed by atoms with Gasteiger partial charge in [0, 0.05) is 19.3 Å². The Bertz CT molecular complexity index is 2450. The van der Waals surface area contributed by atoms with Crippen molar-refractivity contribution >= 4 is 17.8 Å². The number of allylic oxidation sites excluding steroid dienone is 1. The molecule has 18 atom stereocenters. The second kappa shape index (κ2) is 37.4. The standard InChI is InChI=1S/C57H76N2O21/c1-4-6-8-10-12-14-16-18-20-22-24-26-28-30-39(64)38(59-44(67)31-29-27-25-23-21-19-17-15-13-11-9-7-5-2)36-75-54-49(71)48(70)51(43(35-62)77-54)78-55-50(72)53(47(69)42(34-61)76-55)80-57(56(73)74)32-40(65)45(58-37(3)63)52(79-57)46(68)41(66)33-60/h28,30,38-43,45-55,60-62,64-66,68-72H,4,6,8,10,12,14,16,18,20,22,24,26,32-36H2,1-3H3,(H,58,63)(H,59,67)(H,73,74). The molecular weight excluding hydrogens is 1050 g/mol. The minimum absolute atomic E-state index is 0.587. The highest BCUT2D eigenvalue weighted by molar-refractivity contribution is 5.94. The Labute approximate surface area is 466 Å². The summed E-state index contributed by atoms with van der Waals surface area (Å²) >= 11 is 0. The van der Waals surface area contributed by atoms with Crippen LogP contribution in [0.25, 0.3) is 0 Å². The molecule has 3 fully saturated rings. The fraction of sp³-hybridized carbons (Fsp3) is 0.667. The molecule has 0 radical (unpaired) electrons. The van der Waals surface area contributed by atoms with Crippen LogP contribution in [0.1, 0.15) is 104 Å². The van der Waals surface area contributed by atoms with Gasteiger partial charge in [0.2, 0.25) is 5.91 Å². The summed E-state index contributed by atoms with van der Waals surface area (Å²) in [6.07, 6.45) is -13.9. The number of ether oxygens (including phenoxy) is 6. The number of hydrogen-bond donors (Lipinski definition) is 14. The van der Waals surface area contributed by atoms with Gasteiger partial charge >= 0.3 is 5.97 Å². The monoisotopic (exact) mass is 1120 g/mol. The van der Waals surface area contributed by atoms with Crippen LogP contribution in [0.5, 0.6) is 0 Å². The number of nitrogens with one attached hydrogen (secondary N) is 2. The Morgan fingerprint density at radius 1 is 0.700 bits per heavy atom. The maximum atomic E-state index is 13.0. The Morgan fingerprint density at radius 2 is 1.25 bits per heavy atom. The molecule has 23 heteroatoms. The summed E-state index contributed by atoms with van der Waals surface area (Å²) in [5, 5.41) is 134. The lowest BCUT2D eigenvalue weighted by atomic mass is 9.88. The second-order valence-electron chi connectivity index (χ2n) is 19.0. The van der Waals surface area contributed by atoms with Crippen molar-refractivity contribution in [3.05, 3.63) is 12.2 Å². The van der Waals surface area contributed by atoms with Gasteiger partial charge in [0.15, 0.2) is 12.6 Å². The first-order valence-electron chi connectivity index (χ1n) is 26.5. The molecular formula is C57H76N2O21. The first-order chi connectivity index (χ1) is 38.4. The minimum Gasteiger partial charge on any atom is -0.477 e. The number of carboxylic acid groups (broad SMARTS) is 1. The van der Waals surface area contributed by atoms with E-state index in [2.05, 4.69) is 100 Å². The number of carbonyl (C=O) groups is 3. The van der Waals surface area contributed by atoms with E-state index in [1.54, 1.807) is 13.0 Å². The summed E-state index contributed by atoms with van der Waals surface area (Å²) in [4.78, 5) is 37.9. The van der Waals surface area contributed by atoms with E-state index in [4.69, 9.17) is 28.4 Å². The molecule has 440 valence electrons. The third-order valence-corrected chi connectivity index (χ3v) is 12.9. The third-order valence-electron chi connectivity index (χ3n) is 12.9. The average molecular weight is 1130 g/mol. The van der Waals surface area contributed by atoms with Crippen molar-refractivity contribution in [3.63, 3.8) is 0 Å². The van der Waals surface area contributed by atoms with E-state index in [0.717, 1.165) is 32.6 Å². The van der Waals surface area contributed by atoms with Gasteiger partial charge in [-0.3, -0.25) is 9.59 Å². The summed E-state index contributed by atoms with van der Waals surface area (Å²) in [5.74, 6) is 27.4. The molecule has 0 saturated carbocycles. The van der Waals surface area contributed by atoms with E-state index in [0.29, 0.717) is 6.42 Å². The van der Waals surface area contributed by atoms with Gasteiger partial charge in [0.1, 0.15) is 67.1 Å². The van der Waals surface area contributed by atoms with Gasteiger partial charge in [0.05, 0.1) is 50.7 Å². The van der Waals surface area contributed by atoms with Crippen LogP contribution in [0, 0.1) is 82.9 Å². The van der Waals surface area contributed by atoms with Crippen molar-refractivity contribution in [2.75, 3.05) is 26.4 Å². The van der Waals surface area contributed by atoms with Crippen molar-refractivity contribution in [2.24, 2.45) is 0 Å². The summed E-state index contributed by atoms with van der Waals surface area (Å²) < 4.78 is 34.3. The zero-order chi connectivity index (χ0) is 59.0. The quantitative estimate of drug-likeness (QED) is 0.0201. The zero-order valence-corrected chi connectivity index (χ0v) is 45.0. The highest BCUT2D eigenvalue weighted by atomic mass is 16.8. The molecule has 0 aliphatic carbocycles. The van der Waals surface area contributed by atoms with E-state index in [1.165, 1.54) is 51.0 Å². The number of amides is 2. The summed E-state index contributed by atoms with van der Waals surface area (Å²) in [6.45, 7) is 1.18. The Balaban J connectivity index is 1.78. The van der Waals surface area contributed by atoms with E-state index < -0.39 is 160 Å². The van der Waals surface area contributed by atoms with Gasteiger partial charge in [-0.05, 0) is 90.8 Å². The predicted octanol–water partition coefficient (Wildman–Crippen LogP) is -3.05. The number of unbranched alkanes of at least 4 members (excludes halogenated alkanes) is 11. The first kappa shape index (κ1) is 68.7. The molecule has 0 aromatic rings.